The molecule has 1 aromatic rings. The molecule has 2 nitrogen and oxygen atoms in total. The first-order chi connectivity index (χ1) is 7.97. The molecule has 2 atom stereocenters. The molecular formula is C15H23NO. The number of likely N-dealkylation sites (tertiary alicyclic amines) is 1. The van der Waals surface area contributed by atoms with Crippen molar-refractivity contribution in [1.29, 1.82) is 0 Å². The van der Waals surface area contributed by atoms with Crippen molar-refractivity contribution in [2.75, 3.05) is 6.54 Å². The largest absolute Gasteiger partial charge is 0.392 e. The molecule has 0 amide bonds. The van der Waals surface area contributed by atoms with Gasteiger partial charge in [0.15, 0.2) is 0 Å². The highest BCUT2D eigenvalue weighted by molar-refractivity contribution is 5.16. The SMILES string of the molecule is CC(C)(C)N1C[C@@H](O)C[C@H]1Cc1ccccc1. The summed E-state index contributed by atoms with van der Waals surface area (Å²) in [6.07, 6.45) is 1.77. The maximum atomic E-state index is 9.87. The topological polar surface area (TPSA) is 23.5 Å². The molecule has 0 bridgehead atoms. The first kappa shape index (κ1) is 12.6. The van der Waals surface area contributed by atoms with E-state index in [1.54, 1.807) is 0 Å². The Morgan fingerprint density at radius 3 is 2.47 bits per heavy atom. The lowest BCUT2D eigenvalue weighted by molar-refractivity contribution is 0.104. The molecule has 0 unspecified atom stereocenters. The Labute approximate surface area is 104 Å². The van der Waals surface area contributed by atoms with Gasteiger partial charge in [-0.3, -0.25) is 4.90 Å². The van der Waals surface area contributed by atoms with E-state index in [0.717, 1.165) is 19.4 Å². The molecule has 0 spiro atoms. The van der Waals surface area contributed by atoms with E-state index in [1.165, 1.54) is 5.56 Å². The van der Waals surface area contributed by atoms with Crippen LogP contribution in [0.2, 0.25) is 0 Å². The molecule has 0 aromatic heterocycles. The van der Waals surface area contributed by atoms with Crippen molar-refractivity contribution in [3.63, 3.8) is 0 Å². The zero-order valence-corrected chi connectivity index (χ0v) is 11.1. The Bertz CT molecular complexity index is 355. The van der Waals surface area contributed by atoms with E-state index in [4.69, 9.17) is 0 Å². The highest BCUT2D eigenvalue weighted by atomic mass is 16.3. The number of hydrogen-bond donors (Lipinski definition) is 1. The molecule has 1 aromatic carbocycles. The van der Waals surface area contributed by atoms with Crippen LogP contribution in [0.15, 0.2) is 30.3 Å². The summed E-state index contributed by atoms with van der Waals surface area (Å²) in [6, 6.07) is 11.0. The van der Waals surface area contributed by atoms with Crippen LogP contribution in [0, 0.1) is 0 Å². The normalized spacial score (nSPS) is 26.4. The molecule has 94 valence electrons. The number of aliphatic hydroxyl groups is 1. The zero-order valence-electron chi connectivity index (χ0n) is 11.1. The van der Waals surface area contributed by atoms with E-state index in [2.05, 4.69) is 56.0 Å². The van der Waals surface area contributed by atoms with Gasteiger partial charge >= 0.3 is 0 Å². The minimum Gasteiger partial charge on any atom is -0.392 e. The first-order valence-electron chi connectivity index (χ1n) is 6.45. The average Bonchev–Trinajstić information content (AvgIpc) is 2.60. The van der Waals surface area contributed by atoms with Gasteiger partial charge in [0.25, 0.3) is 0 Å². The van der Waals surface area contributed by atoms with E-state index in [1.807, 2.05) is 0 Å². The van der Waals surface area contributed by atoms with Gasteiger partial charge in [0.1, 0.15) is 0 Å². The van der Waals surface area contributed by atoms with Crippen LogP contribution >= 0.6 is 0 Å². The average molecular weight is 233 g/mol. The lowest BCUT2D eigenvalue weighted by Gasteiger charge is -2.37. The van der Waals surface area contributed by atoms with Gasteiger partial charge in [-0.15, -0.1) is 0 Å². The summed E-state index contributed by atoms with van der Waals surface area (Å²) < 4.78 is 0. The smallest absolute Gasteiger partial charge is 0.0682 e. The van der Waals surface area contributed by atoms with Crippen LogP contribution in [-0.4, -0.2) is 34.2 Å². The standard InChI is InChI=1S/C15H23NO/c1-15(2,3)16-11-14(17)10-13(16)9-12-7-5-4-6-8-12/h4-8,13-14,17H,9-11H2,1-3H3/t13-,14+/m1/s1. The van der Waals surface area contributed by atoms with Crippen LogP contribution < -0.4 is 0 Å². The monoisotopic (exact) mass is 233 g/mol. The zero-order chi connectivity index (χ0) is 12.5. The Morgan fingerprint density at radius 1 is 1.24 bits per heavy atom. The second-order valence-electron chi connectivity index (χ2n) is 6.06. The Hall–Kier alpha value is -0.860. The van der Waals surface area contributed by atoms with E-state index in [-0.39, 0.29) is 11.6 Å². The molecule has 2 heteroatoms. The summed E-state index contributed by atoms with van der Waals surface area (Å²) in [7, 11) is 0. The molecule has 1 N–H and O–H groups in total. The number of aliphatic hydroxyl groups excluding tert-OH is 1. The second kappa shape index (κ2) is 4.79. The molecule has 1 fully saturated rings. The van der Waals surface area contributed by atoms with E-state index in [9.17, 15) is 5.11 Å². The third kappa shape index (κ3) is 3.08. The summed E-state index contributed by atoms with van der Waals surface area (Å²) in [4.78, 5) is 2.44. The summed E-state index contributed by atoms with van der Waals surface area (Å²) in [5.74, 6) is 0. The van der Waals surface area contributed by atoms with Crippen molar-refractivity contribution < 1.29 is 5.11 Å². The van der Waals surface area contributed by atoms with Gasteiger partial charge in [0, 0.05) is 18.1 Å². The fourth-order valence-electron chi connectivity index (χ4n) is 2.79. The van der Waals surface area contributed by atoms with Gasteiger partial charge in [0.05, 0.1) is 6.10 Å². The van der Waals surface area contributed by atoms with Gasteiger partial charge < -0.3 is 5.11 Å². The third-order valence-corrected chi connectivity index (χ3v) is 3.57. The predicted molar refractivity (Wildman–Crippen MR) is 71.0 cm³/mol. The van der Waals surface area contributed by atoms with Crippen molar-refractivity contribution in [3.8, 4) is 0 Å². The predicted octanol–water partition coefficient (Wildman–Crippen LogP) is 2.46. The van der Waals surface area contributed by atoms with E-state index in [0.29, 0.717) is 6.04 Å². The van der Waals surface area contributed by atoms with Crippen molar-refractivity contribution >= 4 is 0 Å². The molecule has 0 aliphatic carbocycles. The summed E-state index contributed by atoms with van der Waals surface area (Å²) in [6.45, 7) is 7.48. The fourth-order valence-corrected chi connectivity index (χ4v) is 2.79. The summed E-state index contributed by atoms with van der Waals surface area (Å²) in [5.41, 5.74) is 1.50. The summed E-state index contributed by atoms with van der Waals surface area (Å²) >= 11 is 0. The Kier molecular flexibility index (Phi) is 3.55. The molecule has 0 saturated carbocycles. The molecule has 1 saturated heterocycles. The minimum atomic E-state index is -0.164. The van der Waals surface area contributed by atoms with Gasteiger partial charge in [-0.25, -0.2) is 0 Å². The van der Waals surface area contributed by atoms with Gasteiger partial charge in [-0.2, -0.15) is 0 Å². The number of β-amino-alcohol motifs (C(OH)–C–C–N with tert-alkyl or cyclic N) is 1. The molecule has 1 aliphatic heterocycles. The Balaban J connectivity index is 2.09. The van der Waals surface area contributed by atoms with Gasteiger partial charge in [0.2, 0.25) is 0 Å². The molecule has 1 aliphatic rings. The highest BCUT2D eigenvalue weighted by Gasteiger charge is 2.37. The number of hydrogen-bond acceptors (Lipinski definition) is 2. The van der Waals surface area contributed by atoms with Crippen LogP contribution in [0.25, 0.3) is 0 Å². The lowest BCUT2D eigenvalue weighted by atomic mass is 9.99. The van der Waals surface area contributed by atoms with Crippen molar-refractivity contribution in [1.82, 2.24) is 4.90 Å². The fraction of sp³-hybridized carbons (Fsp3) is 0.600. The van der Waals surface area contributed by atoms with Crippen molar-refractivity contribution in [2.24, 2.45) is 0 Å². The van der Waals surface area contributed by atoms with Crippen molar-refractivity contribution in [3.05, 3.63) is 35.9 Å². The summed E-state index contributed by atoms with van der Waals surface area (Å²) in [5, 5.41) is 9.87. The molecule has 17 heavy (non-hydrogen) atoms. The minimum absolute atomic E-state index is 0.136. The lowest BCUT2D eigenvalue weighted by Crippen LogP contribution is -2.45. The maximum Gasteiger partial charge on any atom is 0.0682 e. The molecular weight excluding hydrogens is 210 g/mol. The van der Waals surface area contributed by atoms with Crippen LogP contribution in [0.5, 0.6) is 0 Å². The quantitative estimate of drug-likeness (QED) is 0.848. The number of rotatable bonds is 2. The third-order valence-electron chi connectivity index (χ3n) is 3.57. The van der Waals surface area contributed by atoms with Gasteiger partial charge in [-0.05, 0) is 39.2 Å². The van der Waals surface area contributed by atoms with E-state index < -0.39 is 0 Å². The van der Waals surface area contributed by atoms with Crippen molar-refractivity contribution in [2.45, 2.75) is 51.3 Å². The van der Waals surface area contributed by atoms with Crippen LogP contribution in [0.4, 0.5) is 0 Å². The molecule has 1 heterocycles. The van der Waals surface area contributed by atoms with Crippen LogP contribution in [0.3, 0.4) is 0 Å². The highest BCUT2D eigenvalue weighted by Crippen LogP contribution is 2.28. The molecule has 2 rings (SSSR count). The first-order valence-corrected chi connectivity index (χ1v) is 6.45. The number of nitrogens with zero attached hydrogens (tertiary/aromatic N) is 1. The van der Waals surface area contributed by atoms with E-state index >= 15 is 0 Å². The number of benzene rings is 1. The Morgan fingerprint density at radius 2 is 1.88 bits per heavy atom. The second-order valence-corrected chi connectivity index (χ2v) is 6.06. The maximum absolute atomic E-state index is 9.87. The van der Waals surface area contributed by atoms with Crippen LogP contribution in [0.1, 0.15) is 32.8 Å². The molecule has 0 radical (unpaired) electrons. The van der Waals surface area contributed by atoms with Crippen LogP contribution in [-0.2, 0) is 6.42 Å². The van der Waals surface area contributed by atoms with Gasteiger partial charge in [-0.1, -0.05) is 30.3 Å².